The summed E-state index contributed by atoms with van der Waals surface area (Å²) in [6, 6.07) is 17.4. The van der Waals surface area contributed by atoms with Crippen LogP contribution >= 0.6 is 0 Å². The van der Waals surface area contributed by atoms with Gasteiger partial charge in [0.2, 0.25) is 0 Å². The van der Waals surface area contributed by atoms with Crippen molar-refractivity contribution in [1.82, 2.24) is 0 Å². The molecule has 0 radical (unpaired) electrons. The summed E-state index contributed by atoms with van der Waals surface area (Å²) in [6.45, 7) is 5.37. The molecule has 0 aliphatic heterocycles. The van der Waals surface area contributed by atoms with E-state index in [0.29, 0.717) is 39.6 Å². The van der Waals surface area contributed by atoms with E-state index in [1.165, 1.54) is 32.7 Å². The number of benzene rings is 2. The Balaban J connectivity index is 1.61. The Bertz CT molecular complexity index is 1120. The number of fused-ring (bicyclic) bond motifs is 2. The van der Waals surface area contributed by atoms with Crippen LogP contribution in [0.1, 0.15) is 0 Å². The molecule has 0 aliphatic rings. The fourth-order valence-electron chi connectivity index (χ4n) is 4.09. The minimum atomic E-state index is 0.614. The smallest absolute Gasteiger partial charge is 0.177 e. The first-order valence-corrected chi connectivity index (χ1v) is 11.8. The summed E-state index contributed by atoms with van der Waals surface area (Å²) in [5, 5.41) is 4.91. The molecule has 0 N–H and O–H groups in total. The predicted octanol–water partition coefficient (Wildman–Crippen LogP) is 3.56. The van der Waals surface area contributed by atoms with E-state index in [1.54, 1.807) is 14.2 Å². The van der Waals surface area contributed by atoms with Crippen molar-refractivity contribution >= 4 is 21.5 Å². The lowest BCUT2D eigenvalue weighted by atomic mass is 9.95. The standard InChI is InChI=1S/C28H34N2O4/c1-31-17-19-33-15-13-29-11-9-23-5-3-7-25(27(23)21-29)26-8-4-6-24-10-12-30(22-28(24)26)14-16-34-20-18-32-2/h3-12,21-22H,13-20H2,1-2H3/q+2. The van der Waals surface area contributed by atoms with Crippen LogP contribution in [0.2, 0.25) is 0 Å². The molecule has 0 amide bonds. The lowest BCUT2D eigenvalue weighted by molar-refractivity contribution is -0.697. The number of methoxy groups -OCH3 is 2. The van der Waals surface area contributed by atoms with E-state index in [2.05, 4.69) is 82.5 Å². The average Bonchev–Trinajstić information content (AvgIpc) is 2.87. The van der Waals surface area contributed by atoms with Gasteiger partial charge in [0.1, 0.15) is 13.2 Å². The molecular formula is C28H34N2O4+2. The molecule has 6 heteroatoms. The van der Waals surface area contributed by atoms with E-state index < -0.39 is 0 Å². The highest BCUT2D eigenvalue weighted by Crippen LogP contribution is 2.32. The molecule has 0 bridgehead atoms. The lowest BCUT2D eigenvalue weighted by Gasteiger charge is -2.10. The van der Waals surface area contributed by atoms with E-state index in [9.17, 15) is 0 Å². The molecule has 4 rings (SSSR count). The molecule has 0 saturated carbocycles. The van der Waals surface area contributed by atoms with Crippen LogP contribution in [0, 0.1) is 0 Å². The molecule has 0 unspecified atom stereocenters. The zero-order chi connectivity index (χ0) is 23.6. The second-order valence-electron chi connectivity index (χ2n) is 8.19. The normalized spacial score (nSPS) is 11.5. The first-order chi connectivity index (χ1) is 16.8. The van der Waals surface area contributed by atoms with Gasteiger partial charge in [-0.05, 0) is 21.9 Å². The van der Waals surface area contributed by atoms with Crippen molar-refractivity contribution in [2.45, 2.75) is 13.1 Å². The van der Waals surface area contributed by atoms with Crippen molar-refractivity contribution in [3.8, 4) is 11.1 Å². The summed E-state index contributed by atoms with van der Waals surface area (Å²) < 4.78 is 25.8. The van der Waals surface area contributed by atoms with Crippen LogP contribution in [-0.4, -0.2) is 53.9 Å². The molecule has 6 nitrogen and oxygen atoms in total. The molecular weight excluding hydrogens is 428 g/mol. The maximum absolute atomic E-state index is 5.66. The van der Waals surface area contributed by atoms with E-state index in [4.69, 9.17) is 18.9 Å². The molecule has 0 spiro atoms. The SMILES string of the molecule is COCCOCC[n+]1ccc2cccc(-c3cccc4cc[n+](CCOCCOC)cc34)c2c1. The monoisotopic (exact) mass is 462 g/mol. The van der Waals surface area contributed by atoms with Gasteiger partial charge in [-0.2, -0.15) is 0 Å². The first-order valence-electron chi connectivity index (χ1n) is 11.8. The Morgan fingerprint density at radius 2 is 1.03 bits per heavy atom. The van der Waals surface area contributed by atoms with Crippen LogP contribution in [0.3, 0.4) is 0 Å². The van der Waals surface area contributed by atoms with Gasteiger partial charge in [0, 0.05) is 26.4 Å². The summed E-state index contributed by atoms with van der Waals surface area (Å²) in [5.74, 6) is 0. The van der Waals surface area contributed by atoms with Crippen molar-refractivity contribution in [2.75, 3.05) is 53.9 Å². The van der Waals surface area contributed by atoms with E-state index in [-0.39, 0.29) is 0 Å². The Hall–Kier alpha value is -2.90. The van der Waals surface area contributed by atoms with Crippen molar-refractivity contribution < 1.29 is 28.1 Å². The predicted molar refractivity (Wildman–Crippen MR) is 133 cm³/mol. The number of hydrogen-bond donors (Lipinski definition) is 0. The number of nitrogens with zero attached hydrogens (tertiary/aromatic N) is 2. The van der Waals surface area contributed by atoms with E-state index in [0.717, 1.165) is 13.1 Å². The van der Waals surface area contributed by atoms with Gasteiger partial charge in [0.25, 0.3) is 0 Å². The highest BCUT2D eigenvalue weighted by Gasteiger charge is 2.14. The van der Waals surface area contributed by atoms with Crippen LogP contribution in [0.15, 0.2) is 73.3 Å². The molecule has 0 atom stereocenters. The number of rotatable bonds is 13. The van der Waals surface area contributed by atoms with Gasteiger partial charge in [-0.3, -0.25) is 0 Å². The molecule has 0 saturated heterocycles. The van der Waals surface area contributed by atoms with Gasteiger partial charge in [0.05, 0.1) is 37.2 Å². The zero-order valence-corrected chi connectivity index (χ0v) is 20.1. The molecule has 34 heavy (non-hydrogen) atoms. The lowest BCUT2D eigenvalue weighted by Crippen LogP contribution is -2.35. The van der Waals surface area contributed by atoms with Gasteiger partial charge >= 0.3 is 0 Å². The average molecular weight is 463 g/mol. The maximum atomic E-state index is 5.66. The molecule has 178 valence electrons. The second kappa shape index (κ2) is 12.5. The molecule has 2 heterocycles. The van der Waals surface area contributed by atoms with Crippen LogP contribution in [0.4, 0.5) is 0 Å². The largest absolute Gasteiger partial charge is 0.382 e. The third-order valence-corrected chi connectivity index (χ3v) is 5.90. The van der Waals surface area contributed by atoms with Gasteiger partial charge < -0.3 is 18.9 Å². The van der Waals surface area contributed by atoms with Gasteiger partial charge in [-0.15, -0.1) is 0 Å². The summed E-state index contributed by atoms with van der Waals surface area (Å²) in [6.07, 6.45) is 8.69. The molecule has 2 aromatic heterocycles. The highest BCUT2D eigenvalue weighted by atomic mass is 16.5. The van der Waals surface area contributed by atoms with Crippen LogP contribution < -0.4 is 9.13 Å². The Morgan fingerprint density at radius 1 is 0.559 bits per heavy atom. The van der Waals surface area contributed by atoms with Gasteiger partial charge in [-0.25, -0.2) is 9.13 Å². The van der Waals surface area contributed by atoms with E-state index in [1.807, 2.05) is 0 Å². The fourth-order valence-corrected chi connectivity index (χ4v) is 4.09. The first kappa shape index (κ1) is 24.2. The fraction of sp³-hybridized carbons (Fsp3) is 0.357. The molecule has 4 aromatic rings. The van der Waals surface area contributed by atoms with Crippen LogP contribution in [-0.2, 0) is 32.0 Å². The maximum Gasteiger partial charge on any atom is 0.177 e. The minimum Gasteiger partial charge on any atom is -0.382 e. The Morgan fingerprint density at radius 3 is 1.47 bits per heavy atom. The number of aromatic nitrogens is 2. The molecule has 0 aliphatic carbocycles. The number of ether oxygens (including phenoxy) is 4. The van der Waals surface area contributed by atoms with E-state index >= 15 is 0 Å². The minimum absolute atomic E-state index is 0.614. The van der Waals surface area contributed by atoms with Crippen molar-refractivity contribution in [1.29, 1.82) is 0 Å². The highest BCUT2D eigenvalue weighted by molar-refractivity contribution is 6.04. The zero-order valence-electron chi connectivity index (χ0n) is 20.1. The quantitative estimate of drug-likeness (QED) is 0.225. The van der Waals surface area contributed by atoms with Crippen LogP contribution in [0.5, 0.6) is 0 Å². The summed E-state index contributed by atoms with van der Waals surface area (Å²) in [4.78, 5) is 0. The third kappa shape index (κ3) is 6.15. The Labute approximate surface area is 201 Å². The second-order valence-corrected chi connectivity index (χ2v) is 8.19. The van der Waals surface area contributed by atoms with Crippen molar-refractivity contribution in [3.05, 3.63) is 73.3 Å². The molecule has 2 aromatic carbocycles. The van der Waals surface area contributed by atoms with Gasteiger partial charge in [-0.1, -0.05) is 36.4 Å². The summed E-state index contributed by atoms with van der Waals surface area (Å²) >= 11 is 0. The number of pyridine rings is 2. The van der Waals surface area contributed by atoms with Crippen molar-refractivity contribution in [3.63, 3.8) is 0 Å². The third-order valence-electron chi connectivity index (χ3n) is 5.90. The van der Waals surface area contributed by atoms with Gasteiger partial charge in [0.15, 0.2) is 37.9 Å². The summed E-state index contributed by atoms with van der Waals surface area (Å²) in [7, 11) is 3.38. The summed E-state index contributed by atoms with van der Waals surface area (Å²) in [5.41, 5.74) is 2.46. The topological polar surface area (TPSA) is 44.7 Å². The van der Waals surface area contributed by atoms with Crippen molar-refractivity contribution in [2.24, 2.45) is 0 Å². The Kier molecular flexibility index (Phi) is 8.93. The van der Waals surface area contributed by atoms with Crippen LogP contribution in [0.25, 0.3) is 32.7 Å². The molecule has 0 fully saturated rings. The number of hydrogen-bond acceptors (Lipinski definition) is 4.